The molecule has 0 bridgehead atoms. The molecule has 1 aromatic carbocycles. The Morgan fingerprint density at radius 3 is 2.71 bits per heavy atom. The highest BCUT2D eigenvalue weighted by molar-refractivity contribution is 6.33. The number of benzene rings is 1. The minimum absolute atomic E-state index is 0.0785. The first kappa shape index (κ1) is 27.3. The van der Waals surface area contributed by atoms with E-state index in [1.165, 1.54) is 0 Å². The van der Waals surface area contributed by atoms with Gasteiger partial charge in [0.15, 0.2) is 5.82 Å². The van der Waals surface area contributed by atoms with Crippen molar-refractivity contribution in [3.05, 3.63) is 58.1 Å². The third kappa shape index (κ3) is 6.03. The normalized spacial score (nSPS) is 19.1. The molecule has 3 aromatic rings. The van der Waals surface area contributed by atoms with Crippen LogP contribution in [-0.4, -0.2) is 58.4 Å². The SMILES string of the molecule is C=N/C(=N\C=C/C)C(C)Nc1cc(=O)n(C)c2ccc(Nc3nc(N4C[C@@H](C)O[C@@H](C)C4)ncc3Cl)cc12. The van der Waals surface area contributed by atoms with Crippen LogP contribution in [0.25, 0.3) is 10.9 Å². The average molecular weight is 537 g/mol. The summed E-state index contributed by atoms with van der Waals surface area (Å²) in [5.41, 5.74) is 2.04. The lowest BCUT2D eigenvalue weighted by Gasteiger charge is -2.35. The van der Waals surface area contributed by atoms with E-state index in [1.54, 1.807) is 30.1 Å². The van der Waals surface area contributed by atoms with E-state index >= 15 is 0 Å². The van der Waals surface area contributed by atoms with Crippen LogP contribution in [0.3, 0.4) is 0 Å². The molecule has 1 unspecified atom stereocenters. The van der Waals surface area contributed by atoms with Crippen molar-refractivity contribution >= 4 is 58.2 Å². The highest BCUT2D eigenvalue weighted by Gasteiger charge is 2.24. The summed E-state index contributed by atoms with van der Waals surface area (Å²) >= 11 is 6.48. The summed E-state index contributed by atoms with van der Waals surface area (Å²) in [5, 5.41) is 7.92. The number of allylic oxidation sites excluding steroid dienone is 1. The molecule has 1 fully saturated rings. The first-order valence-electron chi connectivity index (χ1n) is 12.5. The number of aromatic nitrogens is 3. The number of fused-ring (bicyclic) bond motifs is 1. The molecule has 0 saturated carbocycles. The van der Waals surface area contributed by atoms with Gasteiger partial charge in [0.05, 0.1) is 30.0 Å². The van der Waals surface area contributed by atoms with E-state index in [9.17, 15) is 4.79 Å². The van der Waals surface area contributed by atoms with Crippen molar-refractivity contribution in [2.45, 2.75) is 45.9 Å². The highest BCUT2D eigenvalue weighted by Crippen LogP contribution is 2.30. The fourth-order valence-electron chi connectivity index (χ4n) is 4.47. The Morgan fingerprint density at radius 1 is 1.29 bits per heavy atom. The summed E-state index contributed by atoms with van der Waals surface area (Å²) < 4.78 is 7.44. The molecule has 0 amide bonds. The molecule has 3 heterocycles. The minimum atomic E-state index is -0.284. The third-order valence-electron chi connectivity index (χ3n) is 6.22. The van der Waals surface area contributed by atoms with Crippen molar-refractivity contribution in [1.29, 1.82) is 0 Å². The molecule has 1 saturated heterocycles. The first-order valence-corrected chi connectivity index (χ1v) is 12.8. The zero-order chi connectivity index (χ0) is 27.4. The van der Waals surface area contributed by atoms with E-state index in [1.807, 2.05) is 52.0 Å². The molecule has 0 radical (unpaired) electrons. The molecular weight excluding hydrogens is 504 g/mol. The van der Waals surface area contributed by atoms with Crippen LogP contribution in [0, 0.1) is 0 Å². The lowest BCUT2D eigenvalue weighted by atomic mass is 10.1. The lowest BCUT2D eigenvalue weighted by Crippen LogP contribution is -2.46. The standard InChI is InChI=1S/C27H33ClN8O2/c1-7-10-30-25(29-5)18(4)32-22-12-24(37)35(6)23-9-8-19(11-20(22)23)33-26-21(28)13-31-27(34-26)36-14-16(2)38-17(3)15-36/h7-13,16-18,32H,5,14-15H2,1-4,6H3,(H,31,33,34)/b10-7-,30-25-/t16-,17+,18?. The molecule has 4 rings (SSSR count). The fourth-order valence-corrected chi connectivity index (χ4v) is 4.61. The van der Waals surface area contributed by atoms with Crippen molar-refractivity contribution < 1.29 is 4.74 Å². The number of aliphatic imine (C=N–C) groups is 2. The highest BCUT2D eigenvalue weighted by atomic mass is 35.5. The molecule has 1 aliphatic heterocycles. The van der Waals surface area contributed by atoms with Gasteiger partial charge in [-0.05, 0) is 52.6 Å². The van der Waals surface area contributed by atoms with Gasteiger partial charge in [-0.3, -0.25) is 4.79 Å². The van der Waals surface area contributed by atoms with E-state index in [0.717, 1.165) is 16.6 Å². The molecule has 0 aliphatic carbocycles. The molecule has 38 heavy (non-hydrogen) atoms. The molecule has 200 valence electrons. The van der Waals surface area contributed by atoms with Crippen LogP contribution >= 0.6 is 11.6 Å². The number of nitrogens with zero attached hydrogens (tertiary/aromatic N) is 6. The van der Waals surface area contributed by atoms with E-state index < -0.39 is 0 Å². The van der Waals surface area contributed by atoms with Crippen LogP contribution in [0.15, 0.2) is 57.5 Å². The number of rotatable bonds is 7. The Balaban J connectivity index is 1.68. The Labute approximate surface area is 227 Å². The minimum Gasteiger partial charge on any atom is -0.375 e. The largest absolute Gasteiger partial charge is 0.375 e. The molecule has 3 atom stereocenters. The van der Waals surface area contributed by atoms with Crippen LogP contribution < -0.4 is 21.1 Å². The molecule has 2 N–H and O–H groups in total. The summed E-state index contributed by atoms with van der Waals surface area (Å²) in [7, 11) is 1.74. The maximum absolute atomic E-state index is 12.7. The fraction of sp³-hybridized carbons (Fsp3) is 0.370. The van der Waals surface area contributed by atoms with Crippen molar-refractivity contribution in [3.8, 4) is 0 Å². The third-order valence-corrected chi connectivity index (χ3v) is 6.50. The molecule has 1 aliphatic rings. The van der Waals surface area contributed by atoms with Crippen molar-refractivity contribution in [2.75, 3.05) is 28.6 Å². The van der Waals surface area contributed by atoms with E-state index in [4.69, 9.17) is 21.3 Å². The van der Waals surface area contributed by atoms with Crippen LogP contribution in [0.1, 0.15) is 27.7 Å². The predicted octanol–water partition coefficient (Wildman–Crippen LogP) is 4.77. The van der Waals surface area contributed by atoms with Gasteiger partial charge in [-0.1, -0.05) is 17.7 Å². The number of halogens is 1. The van der Waals surface area contributed by atoms with Crippen LogP contribution in [0.4, 0.5) is 23.1 Å². The van der Waals surface area contributed by atoms with E-state index in [-0.39, 0.29) is 23.8 Å². The number of morpholine rings is 1. The molecule has 11 heteroatoms. The zero-order valence-corrected chi connectivity index (χ0v) is 23.0. The predicted molar refractivity (Wildman–Crippen MR) is 157 cm³/mol. The van der Waals surface area contributed by atoms with Gasteiger partial charge < -0.3 is 24.8 Å². The second kappa shape index (κ2) is 11.7. The Bertz CT molecular complexity index is 1440. The summed E-state index contributed by atoms with van der Waals surface area (Å²) in [6, 6.07) is 7.00. The molecular formula is C27H33ClN8O2. The number of amidine groups is 1. The maximum atomic E-state index is 12.7. The zero-order valence-electron chi connectivity index (χ0n) is 22.3. The second-order valence-electron chi connectivity index (χ2n) is 9.33. The van der Waals surface area contributed by atoms with Gasteiger partial charge in [0.25, 0.3) is 5.56 Å². The summed E-state index contributed by atoms with van der Waals surface area (Å²) in [4.78, 5) is 32.3. The summed E-state index contributed by atoms with van der Waals surface area (Å²) in [6.45, 7) is 12.9. The van der Waals surface area contributed by atoms with Crippen LogP contribution in [0.2, 0.25) is 5.02 Å². The van der Waals surface area contributed by atoms with Gasteiger partial charge in [-0.25, -0.2) is 15.0 Å². The molecule has 10 nitrogen and oxygen atoms in total. The number of nitrogens with one attached hydrogen (secondary N) is 2. The Kier molecular flexibility index (Phi) is 8.43. The van der Waals surface area contributed by atoms with Gasteiger partial charge in [0.1, 0.15) is 10.9 Å². The van der Waals surface area contributed by atoms with Gasteiger partial charge in [0, 0.05) is 49.2 Å². The number of pyridine rings is 1. The Morgan fingerprint density at radius 2 is 2.03 bits per heavy atom. The van der Waals surface area contributed by atoms with Gasteiger partial charge in [-0.2, -0.15) is 4.98 Å². The number of ether oxygens (including phenoxy) is 1. The number of hydrogen-bond donors (Lipinski definition) is 2. The number of anilines is 4. The molecule has 2 aromatic heterocycles. The van der Waals surface area contributed by atoms with Gasteiger partial charge in [0.2, 0.25) is 5.95 Å². The number of hydrogen-bond acceptors (Lipinski definition) is 8. The number of aryl methyl sites for hydroxylation is 1. The van der Waals surface area contributed by atoms with E-state index in [2.05, 4.69) is 37.2 Å². The summed E-state index contributed by atoms with van der Waals surface area (Å²) in [5.74, 6) is 1.59. The molecule has 0 spiro atoms. The lowest BCUT2D eigenvalue weighted by molar-refractivity contribution is -0.00571. The second-order valence-corrected chi connectivity index (χ2v) is 9.74. The van der Waals surface area contributed by atoms with Gasteiger partial charge in [-0.15, -0.1) is 0 Å². The van der Waals surface area contributed by atoms with Gasteiger partial charge >= 0.3 is 0 Å². The maximum Gasteiger partial charge on any atom is 0.252 e. The van der Waals surface area contributed by atoms with Crippen molar-refractivity contribution in [2.24, 2.45) is 17.0 Å². The van der Waals surface area contributed by atoms with Crippen LogP contribution in [0.5, 0.6) is 0 Å². The summed E-state index contributed by atoms with van der Waals surface area (Å²) in [6.07, 6.45) is 5.23. The Hall–Kier alpha value is -3.76. The topological polar surface area (TPSA) is 109 Å². The van der Waals surface area contributed by atoms with Crippen LogP contribution in [-0.2, 0) is 11.8 Å². The van der Waals surface area contributed by atoms with E-state index in [0.29, 0.717) is 41.4 Å². The average Bonchev–Trinajstić information content (AvgIpc) is 2.88. The quantitative estimate of drug-likeness (QED) is 0.330. The first-order chi connectivity index (χ1) is 18.2. The van der Waals surface area contributed by atoms with Crippen molar-refractivity contribution in [1.82, 2.24) is 14.5 Å². The monoisotopic (exact) mass is 536 g/mol. The smallest absolute Gasteiger partial charge is 0.252 e. The van der Waals surface area contributed by atoms with Crippen molar-refractivity contribution in [3.63, 3.8) is 0 Å².